The van der Waals surface area contributed by atoms with Gasteiger partial charge in [-0.25, -0.2) is 9.48 Å². The van der Waals surface area contributed by atoms with E-state index < -0.39 is 0 Å². The van der Waals surface area contributed by atoms with Crippen LogP contribution in [-0.2, 0) is 5.41 Å². The Bertz CT molecular complexity index is 1760. The van der Waals surface area contributed by atoms with Crippen molar-refractivity contribution in [1.82, 2.24) is 14.8 Å². The maximum absolute atomic E-state index is 13.3. The van der Waals surface area contributed by atoms with Gasteiger partial charge in [0.25, 0.3) is 0 Å². The van der Waals surface area contributed by atoms with Crippen LogP contribution in [0.3, 0.4) is 0 Å². The molecule has 2 N–H and O–H groups in total. The first-order chi connectivity index (χ1) is 20.8. The van der Waals surface area contributed by atoms with Crippen LogP contribution in [0.4, 0.5) is 22.0 Å². The van der Waals surface area contributed by atoms with Crippen LogP contribution in [0.1, 0.15) is 32.2 Å². The van der Waals surface area contributed by atoms with Gasteiger partial charge in [0.2, 0.25) is 0 Å². The first-order valence-electron chi connectivity index (χ1n) is 14.5. The fraction of sp³-hybridized carbons (Fsp3) is 0.265. The molecule has 6 rings (SSSR count). The third-order valence-electron chi connectivity index (χ3n) is 7.44. The molecule has 0 radical (unpaired) electrons. The van der Waals surface area contributed by atoms with E-state index in [0.29, 0.717) is 24.7 Å². The standard InChI is InChI=1S/C34H36N6O3/c1-23-13-14-24(22-35-23)40-32(21-31(38-40)34(2,3)4)37-33(41)36-27-15-16-29(26-10-6-5-9-25(26)27)42-19-17-39-18-20-43-30-12-8-7-11-28(30)39/h5-16,21-22H,17-20H2,1-4H3,(H2,36,37,41). The Labute approximate surface area is 251 Å². The number of nitrogens with one attached hydrogen (secondary N) is 2. The molecule has 43 heavy (non-hydrogen) atoms. The second-order valence-corrected chi connectivity index (χ2v) is 11.6. The van der Waals surface area contributed by atoms with Gasteiger partial charge >= 0.3 is 6.03 Å². The zero-order chi connectivity index (χ0) is 30.0. The number of pyridine rings is 1. The molecule has 220 valence electrons. The summed E-state index contributed by atoms with van der Waals surface area (Å²) in [5.41, 5.74) is 4.10. The fourth-order valence-corrected chi connectivity index (χ4v) is 5.12. The molecule has 0 aliphatic carbocycles. The van der Waals surface area contributed by atoms with Gasteiger partial charge in [-0.3, -0.25) is 10.3 Å². The average Bonchev–Trinajstić information content (AvgIpc) is 3.43. The zero-order valence-electron chi connectivity index (χ0n) is 24.9. The van der Waals surface area contributed by atoms with Crippen LogP contribution in [0.15, 0.2) is 85.1 Å². The molecule has 2 aromatic heterocycles. The number of rotatable bonds is 7. The van der Waals surface area contributed by atoms with E-state index in [2.05, 4.69) is 47.4 Å². The summed E-state index contributed by atoms with van der Waals surface area (Å²) in [6, 6.07) is 25.2. The highest BCUT2D eigenvalue weighted by Gasteiger charge is 2.22. The minimum atomic E-state index is -0.369. The molecular formula is C34H36N6O3. The van der Waals surface area contributed by atoms with Gasteiger partial charge in [0, 0.05) is 27.9 Å². The number of benzene rings is 3. The summed E-state index contributed by atoms with van der Waals surface area (Å²) in [4.78, 5) is 20.0. The van der Waals surface area contributed by atoms with Gasteiger partial charge < -0.3 is 19.7 Å². The smallest absolute Gasteiger partial charge is 0.324 e. The summed E-state index contributed by atoms with van der Waals surface area (Å²) >= 11 is 0. The number of amides is 2. The van der Waals surface area contributed by atoms with E-state index in [0.717, 1.165) is 58.1 Å². The SMILES string of the molecule is Cc1ccc(-n2nc(C(C)(C)C)cc2NC(=O)Nc2ccc(OCCN3CCOc4ccccc43)c3ccccc23)cn1. The Morgan fingerprint density at radius 1 is 0.977 bits per heavy atom. The first kappa shape index (κ1) is 28.1. The van der Waals surface area contributed by atoms with E-state index in [1.165, 1.54) is 0 Å². The lowest BCUT2D eigenvalue weighted by Crippen LogP contribution is -2.35. The second-order valence-electron chi connectivity index (χ2n) is 11.6. The van der Waals surface area contributed by atoms with Crippen molar-refractivity contribution in [3.8, 4) is 17.2 Å². The van der Waals surface area contributed by atoms with Crippen molar-refractivity contribution in [2.45, 2.75) is 33.1 Å². The number of aryl methyl sites for hydroxylation is 1. The van der Waals surface area contributed by atoms with Crippen molar-refractivity contribution < 1.29 is 14.3 Å². The Morgan fingerprint density at radius 2 is 1.77 bits per heavy atom. The van der Waals surface area contributed by atoms with Gasteiger partial charge in [-0.2, -0.15) is 5.10 Å². The second kappa shape index (κ2) is 11.7. The predicted molar refractivity (Wildman–Crippen MR) is 171 cm³/mol. The first-order valence-corrected chi connectivity index (χ1v) is 14.5. The highest BCUT2D eigenvalue weighted by molar-refractivity contribution is 6.07. The maximum Gasteiger partial charge on any atom is 0.324 e. The van der Waals surface area contributed by atoms with E-state index in [1.54, 1.807) is 10.9 Å². The zero-order valence-corrected chi connectivity index (χ0v) is 24.9. The van der Waals surface area contributed by atoms with Gasteiger partial charge in [-0.15, -0.1) is 0 Å². The van der Waals surface area contributed by atoms with Crippen molar-refractivity contribution in [3.05, 3.63) is 96.4 Å². The summed E-state index contributed by atoms with van der Waals surface area (Å²) in [5.74, 6) is 2.23. The number of nitrogens with zero attached hydrogens (tertiary/aromatic N) is 4. The van der Waals surface area contributed by atoms with Gasteiger partial charge in [0.1, 0.15) is 30.5 Å². The van der Waals surface area contributed by atoms with E-state index in [-0.39, 0.29) is 11.4 Å². The van der Waals surface area contributed by atoms with Crippen LogP contribution in [-0.4, -0.2) is 47.1 Å². The Kier molecular flexibility index (Phi) is 7.63. The molecule has 9 heteroatoms. The molecule has 0 unspecified atom stereocenters. The number of carbonyl (C=O) groups is 1. The highest BCUT2D eigenvalue weighted by atomic mass is 16.5. The molecule has 0 fully saturated rings. The van der Waals surface area contributed by atoms with Crippen LogP contribution in [0, 0.1) is 6.92 Å². The van der Waals surface area contributed by atoms with Crippen molar-refractivity contribution in [1.29, 1.82) is 0 Å². The van der Waals surface area contributed by atoms with Crippen molar-refractivity contribution in [2.75, 3.05) is 41.8 Å². The summed E-state index contributed by atoms with van der Waals surface area (Å²) in [6.45, 7) is 10.9. The van der Waals surface area contributed by atoms with Crippen LogP contribution in [0.25, 0.3) is 16.5 Å². The van der Waals surface area contributed by atoms with Gasteiger partial charge in [0.15, 0.2) is 0 Å². The number of urea groups is 1. The lowest BCUT2D eigenvalue weighted by atomic mass is 9.92. The monoisotopic (exact) mass is 576 g/mol. The molecule has 0 atom stereocenters. The van der Waals surface area contributed by atoms with E-state index in [9.17, 15) is 4.79 Å². The molecule has 1 aliphatic heterocycles. The van der Waals surface area contributed by atoms with E-state index in [1.807, 2.05) is 79.7 Å². The number of fused-ring (bicyclic) bond motifs is 2. The van der Waals surface area contributed by atoms with Crippen LogP contribution >= 0.6 is 0 Å². The summed E-state index contributed by atoms with van der Waals surface area (Å²) in [5, 5.41) is 12.6. The van der Waals surface area contributed by atoms with Gasteiger partial charge in [-0.05, 0) is 43.3 Å². The topological polar surface area (TPSA) is 93.5 Å². The van der Waals surface area contributed by atoms with Crippen LogP contribution in [0.5, 0.6) is 11.5 Å². The third-order valence-corrected chi connectivity index (χ3v) is 7.44. The fourth-order valence-electron chi connectivity index (χ4n) is 5.12. The molecule has 9 nitrogen and oxygen atoms in total. The quantitative estimate of drug-likeness (QED) is 0.218. The molecule has 0 spiro atoms. The Balaban J connectivity index is 1.18. The number of ether oxygens (including phenoxy) is 2. The van der Waals surface area contributed by atoms with Crippen LogP contribution < -0.4 is 25.0 Å². The van der Waals surface area contributed by atoms with E-state index >= 15 is 0 Å². The minimum Gasteiger partial charge on any atom is -0.491 e. The number of hydrogen-bond donors (Lipinski definition) is 2. The van der Waals surface area contributed by atoms with Crippen molar-refractivity contribution in [2.24, 2.45) is 0 Å². The molecule has 3 aromatic carbocycles. The molecule has 2 amide bonds. The molecule has 0 saturated carbocycles. The number of para-hydroxylation sites is 2. The molecule has 1 aliphatic rings. The lowest BCUT2D eigenvalue weighted by molar-refractivity contribution is 0.262. The highest BCUT2D eigenvalue weighted by Crippen LogP contribution is 2.33. The normalized spacial score (nSPS) is 12.9. The Hall–Kier alpha value is -5.05. The summed E-state index contributed by atoms with van der Waals surface area (Å²) in [6.07, 6.45) is 1.75. The predicted octanol–water partition coefficient (Wildman–Crippen LogP) is 6.95. The van der Waals surface area contributed by atoms with Crippen LogP contribution in [0.2, 0.25) is 0 Å². The summed E-state index contributed by atoms with van der Waals surface area (Å²) in [7, 11) is 0. The maximum atomic E-state index is 13.3. The number of carbonyl (C=O) groups excluding carboxylic acids is 1. The number of aromatic nitrogens is 3. The number of hydrogen-bond acceptors (Lipinski definition) is 6. The van der Waals surface area contributed by atoms with Crippen molar-refractivity contribution >= 4 is 34.0 Å². The van der Waals surface area contributed by atoms with Crippen molar-refractivity contribution in [3.63, 3.8) is 0 Å². The molecule has 3 heterocycles. The molecule has 5 aromatic rings. The molecule has 0 saturated heterocycles. The largest absolute Gasteiger partial charge is 0.491 e. The third kappa shape index (κ3) is 6.11. The minimum absolute atomic E-state index is 0.201. The lowest BCUT2D eigenvalue weighted by Gasteiger charge is -2.31. The summed E-state index contributed by atoms with van der Waals surface area (Å²) < 4.78 is 13.8. The van der Waals surface area contributed by atoms with E-state index in [4.69, 9.17) is 14.6 Å². The van der Waals surface area contributed by atoms with Gasteiger partial charge in [-0.1, -0.05) is 57.2 Å². The Morgan fingerprint density at radius 3 is 2.56 bits per heavy atom. The average molecular weight is 577 g/mol. The number of anilines is 3. The molecule has 0 bridgehead atoms. The van der Waals surface area contributed by atoms with Gasteiger partial charge in [0.05, 0.1) is 42.0 Å². The molecular weight excluding hydrogens is 540 g/mol.